The van der Waals surface area contributed by atoms with Crippen LogP contribution in [0.1, 0.15) is 31.1 Å². The Morgan fingerprint density at radius 3 is 2.61 bits per heavy atom. The van der Waals surface area contributed by atoms with Crippen LogP contribution in [-0.2, 0) is 4.74 Å². The van der Waals surface area contributed by atoms with Gasteiger partial charge < -0.3 is 9.15 Å². The van der Waals surface area contributed by atoms with Crippen LogP contribution in [0.3, 0.4) is 0 Å². The lowest BCUT2D eigenvalue weighted by molar-refractivity contribution is 0.00695. The Kier molecular flexibility index (Phi) is 3.68. The van der Waals surface area contributed by atoms with Crippen LogP contribution in [0, 0.1) is 5.82 Å². The van der Waals surface area contributed by atoms with E-state index in [-0.39, 0.29) is 0 Å². The summed E-state index contributed by atoms with van der Waals surface area (Å²) in [5, 5.41) is 0.942. The highest BCUT2D eigenvalue weighted by molar-refractivity contribution is 5.92. The van der Waals surface area contributed by atoms with Crippen LogP contribution >= 0.6 is 0 Å². The van der Waals surface area contributed by atoms with Gasteiger partial charge in [-0.2, -0.15) is 0 Å². The predicted octanol–water partition coefficient (Wildman–Crippen LogP) is 5.19. The lowest BCUT2D eigenvalue weighted by Gasteiger charge is -2.19. The molecule has 0 N–H and O–H groups in total. The van der Waals surface area contributed by atoms with Gasteiger partial charge in [-0.1, -0.05) is 12.1 Å². The summed E-state index contributed by atoms with van der Waals surface area (Å²) in [5.74, 6) is -0.874. The van der Waals surface area contributed by atoms with Gasteiger partial charge in [0.1, 0.15) is 17.0 Å². The average Bonchev–Trinajstić information content (AvgIpc) is 2.93. The molecule has 0 saturated heterocycles. The van der Waals surface area contributed by atoms with Crippen molar-refractivity contribution in [3.8, 4) is 11.1 Å². The number of fused-ring (bicyclic) bond motifs is 1. The minimum absolute atomic E-state index is 0.316. The number of hydrogen-bond acceptors (Lipinski definition) is 3. The largest absolute Gasteiger partial charge is 0.464 e. The third kappa shape index (κ3) is 3.26. The maximum absolute atomic E-state index is 14.2. The molecule has 3 aromatic rings. The van der Waals surface area contributed by atoms with Gasteiger partial charge in [0.05, 0.1) is 11.8 Å². The highest BCUT2D eigenvalue weighted by atomic mass is 19.1. The van der Waals surface area contributed by atoms with Gasteiger partial charge in [-0.3, -0.25) is 0 Å². The smallest absolute Gasteiger partial charge is 0.338 e. The number of carbonyl (C=O) groups excluding carboxylic acids is 1. The maximum atomic E-state index is 14.2. The van der Waals surface area contributed by atoms with Gasteiger partial charge in [0.15, 0.2) is 0 Å². The molecule has 0 unspecified atom stereocenters. The minimum Gasteiger partial charge on any atom is -0.464 e. The molecule has 0 spiro atoms. The second kappa shape index (κ2) is 5.54. The molecule has 3 nitrogen and oxygen atoms in total. The van der Waals surface area contributed by atoms with Gasteiger partial charge in [-0.25, -0.2) is 9.18 Å². The molecule has 0 saturated carbocycles. The highest BCUT2D eigenvalue weighted by Crippen LogP contribution is 2.28. The molecule has 0 atom stereocenters. The van der Waals surface area contributed by atoms with E-state index >= 15 is 0 Å². The standard InChI is InChI=1S/C19H17FO3/c1-19(2,3)23-18(21)14-6-7-16(20)15(10-14)13-5-4-12-8-9-22-17(12)11-13/h4-11H,1-3H3. The van der Waals surface area contributed by atoms with Gasteiger partial charge in [0.25, 0.3) is 0 Å². The van der Waals surface area contributed by atoms with E-state index in [1.165, 1.54) is 18.2 Å². The fourth-order valence-electron chi connectivity index (χ4n) is 2.33. The van der Waals surface area contributed by atoms with Gasteiger partial charge in [0, 0.05) is 10.9 Å². The molecule has 23 heavy (non-hydrogen) atoms. The Labute approximate surface area is 133 Å². The number of hydrogen-bond donors (Lipinski definition) is 0. The molecular weight excluding hydrogens is 295 g/mol. The monoisotopic (exact) mass is 312 g/mol. The van der Waals surface area contributed by atoms with Crippen LogP contribution in [-0.4, -0.2) is 11.6 Å². The van der Waals surface area contributed by atoms with Crippen molar-refractivity contribution in [1.82, 2.24) is 0 Å². The summed E-state index contributed by atoms with van der Waals surface area (Å²) in [6.45, 7) is 5.38. The average molecular weight is 312 g/mol. The maximum Gasteiger partial charge on any atom is 0.338 e. The summed E-state index contributed by atoms with van der Waals surface area (Å²) >= 11 is 0. The third-order valence-electron chi connectivity index (χ3n) is 3.37. The van der Waals surface area contributed by atoms with Crippen molar-refractivity contribution in [2.45, 2.75) is 26.4 Å². The van der Waals surface area contributed by atoms with Crippen molar-refractivity contribution in [3.63, 3.8) is 0 Å². The Morgan fingerprint density at radius 1 is 1.09 bits per heavy atom. The first-order chi connectivity index (χ1) is 10.8. The van der Waals surface area contributed by atoms with Crippen molar-refractivity contribution in [3.05, 3.63) is 60.1 Å². The van der Waals surface area contributed by atoms with E-state index in [0.29, 0.717) is 22.3 Å². The Hall–Kier alpha value is -2.62. The van der Waals surface area contributed by atoms with E-state index in [0.717, 1.165) is 5.39 Å². The van der Waals surface area contributed by atoms with Crippen molar-refractivity contribution in [1.29, 1.82) is 0 Å². The van der Waals surface area contributed by atoms with Crippen LogP contribution in [0.4, 0.5) is 4.39 Å². The molecule has 0 fully saturated rings. The number of benzene rings is 2. The zero-order chi connectivity index (χ0) is 16.6. The number of rotatable bonds is 2. The number of esters is 1. The van der Waals surface area contributed by atoms with E-state index in [1.54, 1.807) is 39.2 Å². The quantitative estimate of drug-likeness (QED) is 0.611. The van der Waals surface area contributed by atoms with Crippen molar-refractivity contribution < 1.29 is 18.3 Å². The molecule has 4 heteroatoms. The van der Waals surface area contributed by atoms with E-state index in [9.17, 15) is 9.18 Å². The first kappa shape index (κ1) is 15.3. The Balaban J connectivity index is 2.01. The molecule has 0 aliphatic rings. The summed E-state index contributed by atoms with van der Waals surface area (Å²) in [6, 6.07) is 11.5. The molecule has 0 aliphatic heterocycles. The van der Waals surface area contributed by atoms with Gasteiger partial charge in [-0.15, -0.1) is 0 Å². The number of halogens is 1. The molecule has 0 radical (unpaired) electrons. The van der Waals surface area contributed by atoms with E-state index in [4.69, 9.17) is 9.15 Å². The van der Waals surface area contributed by atoms with E-state index < -0.39 is 17.4 Å². The summed E-state index contributed by atoms with van der Waals surface area (Å²) in [5.41, 5.74) is 1.38. The highest BCUT2D eigenvalue weighted by Gasteiger charge is 2.19. The zero-order valence-electron chi connectivity index (χ0n) is 13.2. The van der Waals surface area contributed by atoms with Crippen LogP contribution in [0.5, 0.6) is 0 Å². The molecule has 3 rings (SSSR count). The summed E-state index contributed by atoms with van der Waals surface area (Å²) in [6.07, 6.45) is 1.59. The van der Waals surface area contributed by atoms with Gasteiger partial charge in [0.2, 0.25) is 0 Å². The Morgan fingerprint density at radius 2 is 1.87 bits per heavy atom. The van der Waals surface area contributed by atoms with Crippen molar-refractivity contribution in [2.75, 3.05) is 0 Å². The van der Waals surface area contributed by atoms with E-state index in [1.807, 2.05) is 12.1 Å². The number of carbonyl (C=O) groups is 1. The normalized spacial score (nSPS) is 11.7. The molecule has 0 amide bonds. The number of furan rings is 1. The summed E-state index contributed by atoms with van der Waals surface area (Å²) in [7, 11) is 0. The van der Waals surface area contributed by atoms with Crippen LogP contribution in [0.2, 0.25) is 0 Å². The molecule has 2 aromatic carbocycles. The minimum atomic E-state index is -0.599. The third-order valence-corrected chi connectivity index (χ3v) is 3.37. The molecule has 1 aromatic heterocycles. The lowest BCUT2D eigenvalue weighted by atomic mass is 10.0. The Bertz CT molecular complexity index is 872. The molecule has 1 heterocycles. The SMILES string of the molecule is CC(C)(C)OC(=O)c1ccc(F)c(-c2ccc3ccoc3c2)c1. The lowest BCUT2D eigenvalue weighted by Crippen LogP contribution is -2.23. The molecule has 0 bridgehead atoms. The number of ether oxygens (including phenoxy) is 1. The molecule has 118 valence electrons. The van der Waals surface area contributed by atoms with Gasteiger partial charge >= 0.3 is 5.97 Å². The van der Waals surface area contributed by atoms with E-state index in [2.05, 4.69) is 0 Å². The second-order valence-corrected chi connectivity index (χ2v) is 6.37. The zero-order valence-corrected chi connectivity index (χ0v) is 13.2. The van der Waals surface area contributed by atoms with Crippen molar-refractivity contribution >= 4 is 16.9 Å². The van der Waals surface area contributed by atoms with Crippen molar-refractivity contribution in [2.24, 2.45) is 0 Å². The summed E-state index contributed by atoms with van der Waals surface area (Å²) < 4.78 is 24.9. The fourth-order valence-corrected chi connectivity index (χ4v) is 2.33. The topological polar surface area (TPSA) is 39.4 Å². The molecular formula is C19H17FO3. The second-order valence-electron chi connectivity index (χ2n) is 6.37. The van der Waals surface area contributed by atoms with Crippen LogP contribution in [0.15, 0.2) is 53.1 Å². The molecule has 0 aliphatic carbocycles. The predicted molar refractivity (Wildman–Crippen MR) is 86.8 cm³/mol. The van der Waals surface area contributed by atoms with Crippen LogP contribution < -0.4 is 0 Å². The fraction of sp³-hybridized carbons (Fsp3) is 0.211. The van der Waals surface area contributed by atoms with Crippen LogP contribution in [0.25, 0.3) is 22.1 Å². The summed E-state index contributed by atoms with van der Waals surface area (Å²) in [4.78, 5) is 12.2. The first-order valence-electron chi connectivity index (χ1n) is 7.34. The first-order valence-corrected chi connectivity index (χ1v) is 7.34. The van der Waals surface area contributed by atoms with Gasteiger partial charge in [-0.05, 0) is 56.7 Å².